The monoisotopic (exact) mass is 375 g/mol. The number of rotatable bonds is 3. The zero-order valence-electron chi connectivity index (χ0n) is 16.2. The molecule has 0 amide bonds. The van der Waals surface area contributed by atoms with Crippen LogP contribution in [0.3, 0.4) is 0 Å². The fourth-order valence-corrected chi connectivity index (χ4v) is 4.24. The van der Waals surface area contributed by atoms with Crippen molar-refractivity contribution in [2.24, 2.45) is 0 Å². The lowest BCUT2D eigenvalue weighted by atomic mass is 9.93. The van der Waals surface area contributed by atoms with E-state index in [-0.39, 0.29) is 18.3 Å². The van der Waals surface area contributed by atoms with E-state index in [0.29, 0.717) is 18.9 Å². The second kappa shape index (κ2) is 6.23. The van der Waals surface area contributed by atoms with Gasteiger partial charge in [0.2, 0.25) is 0 Å². The number of methoxy groups -OCH3 is 1. The lowest BCUT2D eigenvalue weighted by molar-refractivity contribution is -0.140. The van der Waals surface area contributed by atoms with Crippen molar-refractivity contribution in [3.63, 3.8) is 0 Å². The van der Waals surface area contributed by atoms with E-state index in [2.05, 4.69) is 44.2 Å². The summed E-state index contributed by atoms with van der Waals surface area (Å²) >= 11 is 0. The van der Waals surface area contributed by atoms with E-state index in [1.54, 1.807) is 0 Å². The molecule has 0 spiro atoms. The van der Waals surface area contributed by atoms with Crippen LogP contribution < -0.4 is 4.74 Å². The predicted octanol–water partition coefficient (Wildman–Crippen LogP) is 5.04. The van der Waals surface area contributed by atoms with E-state index in [1.807, 2.05) is 0 Å². The molecule has 142 valence electrons. The summed E-state index contributed by atoms with van der Waals surface area (Å²) in [6.45, 7) is 4.88. The second-order valence-corrected chi connectivity index (χ2v) is 7.47. The first kappa shape index (κ1) is 17.0. The van der Waals surface area contributed by atoms with Gasteiger partial charge in [-0.05, 0) is 29.3 Å². The minimum atomic E-state index is -0.268. The molecular formula is C23H21NO4. The Morgan fingerprint density at radius 3 is 2.86 bits per heavy atom. The quantitative estimate of drug-likeness (QED) is 0.371. The number of aromatic nitrogens is 1. The van der Waals surface area contributed by atoms with Gasteiger partial charge in [0.05, 0.1) is 20.1 Å². The molecule has 1 aliphatic heterocycles. The Morgan fingerprint density at radius 1 is 1.21 bits per heavy atom. The van der Waals surface area contributed by atoms with E-state index in [4.69, 9.17) is 18.9 Å². The van der Waals surface area contributed by atoms with Gasteiger partial charge in [0.15, 0.2) is 11.5 Å². The second-order valence-electron chi connectivity index (χ2n) is 7.47. The van der Waals surface area contributed by atoms with Crippen molar-refractivity contribution in [3.8, 4) is 5.75 Å². The number of aryl methyl sites for hydroxylation is 2. The summed E-state index contributed by atoms with van der Waals surface area (Å²) in [6.07, 6.45) is 0.659. The van der Waals surface area contributed by atoms with Crippen LogP contribution in [0, 0.1) is 6.92 Å². The van der Waals surface area contributed by atoms with E-state index in [1.165, 1.54) is 18.1 Å². The summed E-state index contributed by atoms with van der Waals surface area (Å²) in [5.74, 6) is 1.42. The van der Waals surface area contributed by atoms with E-state index < -0.39 is 0 Å². The third-order valence-electron chi connectivity index (χ3n) is 5.66. The van der Waals surface area contributed by atoms with Crippen molar-refractivity contribution in [2.75, 3.05) is 13.7 Å². The lowest BCUT2D eigenvalue weighted by Crippen LogP contribution is -2.01. The highest BCUT2D eigenvalue weighted by Crippen LogP contribution is 2.47. The minimum absolute atomic E-state index is 0.233. The molecule has 0 saturated heterocycles. The topological polar surface area (TPSA) is 61.6 Å². The van der Waals surface area contributed by atoms with Crippen molar-refractivity contribution in [1.82, 2.24) is 4.98 Å². The van der Waals surface area contributed by atoms with Crippen LogP contribution in [0.4, 0.5) is 0 Å². The average Bonchev–Trinajstić information content (AvgIpc) is 3.29. The molecule has 0 fully saturated rings. The normalized spacial score (nSPS) is 15.9. The molecule has 0 aliphatic carbocycles. The predicted molar refractivity (Wildman–Crippen MR) is 108 cm³/mol. The van der Waals surface area contributed by atoms with Crippen LogP contribution in [0.25, 0.3) is 32.6 Å². The van der Waals surface area contributed by atoms with Crippen LogP contribution >= 0.6 is 0 Å². The molecule has 1 atom stereocenters. The molecule has 0 saturated carbocycles. The van der Waals surface area contributed by atoms with Crippen LogP contribution in [-0.2, 0) is 16.0 Å². The summed E-state index contributed by atoms with van der Waals surface area (Å²) in [5.41, 5.74) is 3.92. The largest absolute Gasteiger partial charge is 0.492 e. The molecule has 0 N–H and O–H groups in total. The molecule has 28 heavy (non-hydrogen) atoms. The van der Waals surface area contributed by atoms with Crippen LogP contribution in [0.15, 0.2) is 34.7 Å². The van der Waals surface area contributed by atoms with Gasteiger partial charge in [0.1, 0.15) is 11.3 Å². The Balaban J connectivity index is 1.85. The van der Waals surface area contributed by atoms with Crippen molar-refractivity contribution < 1.29 is 18.7 Å². The number of carbonyl (C=O) groups is 1. The number of hydrogen-bond acceptors (Lipinski definition) is 5. The summed E-state index contributed by atoms with van der Waals surface area (Å²) in [5, 5.41) is 4.46. The smallest absolute Gasteiger partial charge is 0.306 e. The molecule has 0 bridgehead atoms. The van der Waals surface area contributed by atoms with E-state index >= 15 is 0 Å². The molecule has 1 aliphatic rings. The van der Waals surface area contributed by atoms with E-state index in [9.17, 15) is 4.79 Å². The molecule has 5 nitrogen and oxygen atoms in total. The number of carbonyl (C=O) groups excluding carboxylic acids is 1. The van der Waals surface area contributed by atoms with Crippen molar-refractivity contribution >= 4 is 38.6 Å². The Bertz CT molecular complexity index is 1250. The molecule has 5 heteroatoms. The number of hydrogen-bond donors (Lipinski definition) is 0. The third-order valence-corrected chi connectivity index (χ3v) is 5.66. The maximum absolute atomic E-state index is 11.6. The van der Waals surface area contributed by atoms with Crippen molar-refractivity contribution in [2.45, 2.75) is 32.6 Å². The number of ether oxygens (including phenoxy) is 2. The highest BCUT2D eigenvalue weighted by atomic mass is 16.5. The van der Waals surface area contributed by atoms with Gasteiger partial charge >= 0.3 is 5.97 Å². The minimum Gasteiger partial charge on any atom is -0.492 e. The zero-order chi connectivity index (χ0) is 19.4. The van der Waals surface area contributed by atoms with Crippen molar-refractivity contribution in [1.29, 1.82) is 0 Å². The molecular weight excluding hydrogens is 354 g/mol. The molecule has 2 heterocycles. The van der Waals surface area contributed by atoms with Gasteiger partial charge in [-0.1, -0.05) is 31.2 Å². The molecule has 5 rings (SSSR count). The first-order valence-electron chi connectivity index (χ1n) is 9.55. The molecule has 1 unspecified atom stereocenters. The summed E-state index contributed by atoms with van der Waals surface area (Å²) in [7, 11) is 1.39. The Hall–Kier alpha value is -3.08. The Kier molecular flexibility index (Phi) is 3.79. The highest BCUT2D eigenvalue weighted by Gasteiger charge is 2.30. The molecule has 0 radical (unpaired) electrons. The maximum Gasteiger partial charge on any atom is 0.306 e. The van der Waals surface area contributed by atoms with E-state index in [0.717, 1.165) is 38.6 Å². The average molecular weight is 375 g/mol. The SMILES string of the molecule is COC(=O)CCc1nc2c(o1)c1c(c3ccc4c(C)cccc4c32)OCC1C. The van der Waals surface area contributed by atoms with Gasteiger partial charge in [-0.15, -0.1) is 0 Å². The van der Waals surface area contributed by atoms with Gasteiger partial charge in [-0.2, -0.15) is 0 Å². The molecule has 1 aromatic heterocycles. The van der Waals surface area contributed by atoms with Gasteiger partial charge in [-0.25, -0.2) is 4.98 Å². The number of nitrogens with zero attached hydrogens (tertiary/aromatic N) is 1. The van der Waals surface area contributed by atoms with Crippen LogP contribution in [-0.4, -0.2) is 24.7 Å². The van der Waals surface area contributed by atoms with Gasteiger partial charge in [0, 0.05) is 28.7 Å². The number of esters is 1. The van der Waals surface area contributed by atoms with Crippen molar-refractivity contribution in [3.05, 3.63) is 47.3 Å². The first-order chi connectivity index (χ1) is 13.6. The first-order valence-corrected chi connectivity index (χ1v) is 9.55. The molecule has 4 aromatic rings. The third kappa shape index (κ3) is 2.39. The summed E-state index contributed by atoms with van der Waals surface area (Å²) in [6, 6.07) is 10.6. The number of oxazole rings is 1. The number of fused-ring (bicyclic) bond motifs is 8. The zero-order valence-corrected chi connectivity index (χ0v) is 16.2. The maximum atomic E-state index is 11.6. The van der Waals surface area contributed by atoms with Gasteiger partial charge < -0.3 is 13.9 Å². The van der Waals surface area contributed by atoms with Crippen LogP contribution in [0.2, 0.25) is 0 Å². The van der Waals surface area contributed by atoms with Crippen LogP contribution in [0.1, 0.15) is 36.3 Å². The number of benzene rings is 3. The van der Waals surface area contributed by atoms with Crippen LogP contribution in [0.5, 0.6) is 5.75 Å². The summed E-state index contributed by atoms with van der Waals surface area (Å²) in [4.78, 5) is 16.4. The Labute approximate surface area is 162 Å². The summed E-state index contributed by atoms with van der Waals surface area (Å²) < 4.78 is 17.0. The molecule has 3 aromatic carbocycles. The standard InChI is InChI=1S/C23H21NO4/c1-12-5-4-6-15-14(12)7-8-16-20(15)21-23(19-13(2)11-27-22(16)19)28-17(24-21)9-10-18(25)26-3/h4-8,13H,9-11H2,1-3H3. The van der Waals surface area contributed by atoms with Gasteiger partial charge in [0.25, 0.3) is 0 Å². The fourth-order valence-electron chi connectivity index (χ4n) is 4.24. The highest BCUT2D eigenvalue weighted by molar-refractivity contribution is 6.21. The lowest BCUT2D eigenvalue weighted by Gasteiger charge is -2.11. The fraction of sp³-hybridized carbons (Fsp3) is 0.304. The van der Waals surface area contributed by atoms with Gasteiger partial charge in [-0.3, -0.25) is 4.79 Å². The Morgan fingerprint density at radius 2 is 2.04 bits per heavy atom.